The Hall–Kier alpha value is -3.77. The van der Waals surface area contributed by atoms with Crippen molar-refractivity contribution in [3.05, 3.63) is 101 Å². The first-order chi connectivity index (χ1) is 16.0. The summed E-state index contributed by atoms with van der Waals surface area (Å²) in [5.41, 5.74) is 6.85. The second-order valence-electron chi connectivity index (χ2n) is 8.70. The van der Waals surface area contributed by atoms with Crippen LogP contribution in [0.15, 0.2) is 72.8 Å². The zero-order valence-electron chi connectivity index (χ0n) is 19.1. The minimum Gasteiger partial charge on any atom is -0.324 e. The Morgan fingerprint density at radius 3 is 2.06 bits per heavy atom. The molecule has 3 aromatic carbocycles. The van der Waals surface area contributed by atoms with Gasteiger partial charge in [-0.25, -0.2) is 0 Å². The van der Waals surface area contributed by atoms with Crippen LogP contribution in [0.5, 0.6) is 0 Å². The van der Waals surface area contributed by atoms with Crippen molar-refractivity contribution in [3.8, 4) is 0 Å². The van der Waals surface area contributed by atoms with Gasteiger partial charge in [0.15, 0.2) is 0 Å². The fourth-order valence-electron chi connectivity index (χ4n) is 3.87. The highest BCUT2D eigenvalue weighted by molar-refractivity contribution is 5.60. The van der Waals surface area contributed by atoms with Crippen molar-refractivity contribution in [3.63, 3.8) is 0 Å². The number of hydrogen-bond donors (Lipinski definition) is 3. The number of rotatable bonds is 7. The van der Waals surface area contributed by atoms with E-state index >= 15 is 0 Å². The van der Waals surface area contributed by atoms with Crippen molar-refractivity contribution in [2.24, 2.45) is 0 Å². The zero-order chi connectivity index (χ0) is 22.8. The maximum absolute atomic E-state index is 4.73. The van der Waals surface area contributed by atoms with E-state index in [9.17, 15) is 0 Å². The van der Waals surface area contributed by atoms with Crippen molar-refractivity contribution in [1.29, 1.82) is 0 Å². The van der Waals surface area contributed by atoms with E-state index in [1.54, 1.807) is 0 Å². The standard InChI is InChI=1S/C27H28N6/c1-17-8-12-20(13-9-17)25-23(29-25)16-24-31-26(28-21-14-10-18(2)11-15-21)33-27(32-24)30-22-7-5-4-6-19(22)3/h4-15,23,25,29H,16H2,1-3H3,(H2,28,30,31,32,33). The number of nitrogens with zero attached hydrogens (tertiary/aromatic N) is 3. The van der Waals surface area contributed by atoms with E-state index in [0.717, 1.165) is 29.2 Å². The summed E-state index contributed by atoms with van der Waals surface area (Å²) >= 11 is 0. The minimum atomic E-state index is 0.314. The van der Waals surface area contributed by atoms with Gasteiger partial charge in [0.05, 0.1) is 0 Å². The lowest BCUT2D eigenvalue weighted by atomic mass is 10.1. The molecule has 3 N–H and O–H groups in total. The van der Waals surface area contributed by atoms with Crippen LogP contribution in [0.3, 0.4) is 0 Å². The van der Waals surface area contributed by atoms with Crippen LogP contribution in [0, 0.1) is 20.8 Å². The Morgan fingerprint density at radius 1 is 0.727 bits per heavy atom. The lowest BCUT2D eigenvalue weighted by Crippen LogP contribution is -2.10. The largest absolute Gasteiger partial charge is 0.324 e. The number of para-hydroxylation sites is 1. The SMILES string of the molecule is Cc1ccc(Nc2nc(CC3NC3c3ccc(C)cc3)nc(Nc3ccccc3C)n2)cc1. The molecule has 1 aliphatic rings. The van der Waals surface area contributed by atoms with Gasteiger partial charge in [0.2, 0.25) is 11.9 Å². The van der Waals surface area contributed by atoms with Crippen LogP contribution in [0.2, 0.25) is 0 Å². The molecule has 2 unspecified atom stereocenters. The fourth-order valence-corrected chi connectivity index (χ4v) is 3.87. The van der Waals surface area contributed by atoms with E-state index in [1.807, 2.05) is 30.3 Å². The molecule has 1 aromatic heterocycles. The smallest absolute Gasteiger partial charge is 0.232 e. The van der Waals surface area contributed by atoms with Gasteiger partial charge < -0.3 is 16.0 Å². The van der Waals surface area contributed by atoms with Crippen LogP contribution in [0.25, 0.3) is 0 Å². The van der Waals surface area contributed by atoms with Crippen molar-refractivity contribution in [2.75, 3.05) is 10.6 Å². The first-order valence-electron chi connectivity index (χ1n) is 11.3. The van der Waals surface area contributed by atoms with Crippen LogP contribution in [-0.2, 0) is 6.42 Å². The maximum atomic E-state index is 4.73. The highest BCUT2D eigenvalue weighted by atomic mass is 15.2. The second kappa shape index (κ2) is 9.00. The van der Waals surface area contributed by atoms with Gasteiger partial charge in [0.1, 0.15) is 5.82 Å². The van der Waals surface area contributed by atoms with Crippen molar-refractivity contribution < 1.29 is 0 Å². The van der Waals surface area contributed by atoms with Crippen LogP contribution in [-0.4, -0.2) is 21.0 Å². The molecule has 6 heteroatoms. The zero-order valence-corrected chi connectivity index (χ0v) is 19.1. The van der Waals surface area contributed by atoms with E-state index < -0.39 is 0 Å². The third-order valence-corrected chi connectivity index (χ3v) is 5.91. The van der Waals surface area contributed by atoms with Gasteiger partial charge >= 0.3 is 0 Å². The number of nitrogens with one attached hydrogen (secondary N) is 3. The molecule has 0 amide bonds. The lowest BCUT2D eigenvalue weighted by molar-refractivity contribution is 0.814. The lowest BCUT2D eigenvalue weighted by Gasteiger charge is -2.12. The molecular weight excluding hydrogens is 408 g/mol. The molecule has 0 spiro atoms. The Labute approximate surface area is 194 Å². The summed E-state index contributed by atoms with van der Waals surface area (Å²) in [5, 5.41) is 10.3. The average Bonchev–Trinajstić information content (AvgIpc) is 3.56. The van der Waals surface area contributed by atoms with Gasteiger partial charge in [0, 0.05) is 29.9 Å². The molecule has 0 saturated carbocycles. The van der Waals surface area contributed by atoms with Gasteiger partial charge in [0.25, 0.3) is 0 Å². The molecule has 2 atom stereocenters. The summed E-state index contributed by atoms with van der Waals surface area (Å²) in [5.74, 6) is 1.83. The van der Waals surface area contributed by atoms with Crippen LogP contribution in [0.1, 0.15) is 34.1 Å². The normalized spacial score (nSPS) is 16.9. The molecule has 166 valence electrons. The van der Waals surface area contributed by atoms with Crippen LogP contribution in [0.4, 0.5) is 23.3 Å². The Balaban J connectivity index is 1.39. The number of anilines is 4. The Kier molecular flexibility index (Phi) is 5.75. The summed E-state index contributed by atoms with van der Waals surface area (Å²) in [6.45, 7) is 6.25. The predicted octanol–water partition coefficient (Wildman–Crippen LogP) is 5.54. The molecule has 33 heavy (non-hydrogen) atoms. The van der Waals surface area contributed by atoms with E-state index in [2.05, 4.69) is 84.2 Å². The van der Waals surface area contributed by atoms with E-state index in [4.69, 9.17) is 9.97 Å². The number of aryl methyl sites for hydroxylation is 3. The average molecular weight is 437 g/mol. The molecule has 6 nitrogen and oxygen atoms in total. The molecule has 5 rings (SSSR count). The summed E-state index contributed by atoms with van der Waals surface area (Å²) in [4.78, 5) is 14.1. The second-order valence-corrected chi connectivity index (χ2v) is 8.70. The molecule has 2 heterocycles. The fraction of sp³-hybridized carbons (Fsp3) is 0.222. The van der Waals surface area contributed by atoms with E-state index in [-0.39, 0.29) is 0 Å². The molecule has 1 fully saturated rings. The monoisotopic (exact) mass is 436 g/mol. The summed E-state index contributed by atoms with van der Waals surface area (Å²) < 4.78 is 0. The van der Waals surface area contributed by atoms with Crippen LogP contribution >= 0.6 is 0 Å². The van der Waals surface area contributed by atoms with Crippen molar-refractivity contribution >= 4 is 23.3 Å². The van der Waals surface area contributed by atoms with Crippen molar-refractivity contribution in [2.45, 2.75) is 39.3 Å². The molecule has 0 bridgehead atoms. The molecular formula is C27H28N6. The number of benzene rings is 3. The summed E-state index contributed by atoms with van der Waals surface area (Å²) in [6.07, 6.45) is 0.728. The van der Waals surface area contributed by atoms with Gasteiger partial charge in [-0.1, -0.05) is 65.7 Å². The Bertz CT molecular complexity index is 1250. The molecule has 1 saturated heterocycles. The van der Waals surface area contributed by atoms with E-state index in [1.165, 1.54) is 16.7 Å². The molecule has 4 aromatic rings. The quantitative estimate of drug-likeness (QED) is 0.330. The number of hydrogen-bond acceptors (Lipinski definition) is 6. The van der Waals surface area contributed by atoms with Crippen LogP contribution < -0.4 is 16.0 Å². The highest BCUT2D eigenvalue weighted by Gasteiger charge is 2.38. The van der Waals surface area contributed by atoms with Gasteiger partial charge in [-0.05, 0) is 50.1 Å². The van der Waals surface area contributed by atoms with E-state index in [0.29, 0.717) is 24.0 Å². The molecule has 0 aliphatic carbocycles. The summed E-state index contributed by atoms with van der Waals surface area (Å²) in [6, 6.07) is 25.7. The maximum Gasteiger partial charge on any atom is 0.232 e. The molecule has 1 aliphatic heterocycles. The summed E-state index contributed by atoms with van der Waals surface area (Å²) in [7, 11) is 0. The Morgan fingerprint density at radius 2 is 1.36 bits per heavy atom. The van der Waals surface area contributed by atoms with Gasteiger partial charge in [-0.3, -0.25) is 0 Å². The topological polar surface area (TPSA) is 84.7 Å². The first-order valence-corrected chi connectivity index (χ1v) is 11.3. The first kappa shape index (κ1) is 21.1. The third-order valence-electron chi connectivity index (χ3n) is 5.91. The van der Waals surface area contributed by atoms with Gasteiger partial charge in [-0.2, -0.15) is 15.0 Å². The predicted molar refractivity (Wildman–Crippen MR) is 133 cm³/mol. The van der Waals surface area contributed by atoms with Gasteiger partial charge in [-0.15, -0.1) is 0 Å². The highest BCUT2D eigenvalue weighted by Crippen LogP contribution is 2.32. The number of aromatic nitrogens is 3. The van der Waals surface area contributed by atoms with Crippen molar-refractivity contribution in [1.82, 2.24) is 20.3 Å². The molecule has 0 radical (unpaired) electrons. The minimum absolute atomic E-state index is 0.314. The third kappa shape index (κ3) is 5.18.